The minimum Gasteiger partial charge on any atom is -0.474 e. The Morgan fingerprint density at radius 1 is 1.14 bits per heavy atom. The first-order chi connectivity index (χ1) is 10.2. The van der Waals surface area contributed by atoms with Crippen LogP contribution < -0.4 is 0 Å². The van der Waals surface area contributed by atoms with Crippen molar-refractivity contribution in [1.29, 1.82) is 0 Å². The molecule has 1 heterocycles. The van der Waals surface area contributed by atoms with E-state index in [2.05, 4.69) is 4.99 Å². The van der Waals surface area contributed by atoms with Crippen LogP contribution in [0, 0.1) is 10.1 Å². The molecule has 5 nitrogen and oxygen atoms in total. The third-order valence-electron chi connectivity index (χ3n) is 4.46. The summed E-state index contributed by atoms with van der Waals surface area (Å²) in [6.07, 6.45) is 7.70. The molecule has 0 bridgehead atoms. The molecule has 0 atom stereocenters. The normalized spacial score (nSPS) is 20.7. The second-order valence-corrected chi connectivity index (χ2v) is 5.97. The zero-order valence-corrected chi connectivity index (χ0v) is 12.1. The van der Waals surface area contributed by atoms with Crippen LogP contribution in [0.25, 0.3) is 0 Å². The molecular weight excluding hydrogens is 268 g/mol. The summed E-state index contributed by atoms with van der Waals surface area (Å²) in [7, 11) is 0. The number of nitro groups is 1. The number of hydrogen-bond donors (Lipinski definition) is 0. The summed E-state index contributed by atoms with van der Waals surface area (Å²) in [5.41, 5.74) is 1.14. The summed E-state index contributed by atoms with van der Waals surface area (Å²) >= 11 is 0. The highest BCUT2D eigenvalue weighted by Gasteiger charge is 2.36. The highest BCUT2D eigenvalue weighted by molar-refractivity contribution is 5.79. The lowest BCUT2D eigenvalue weighted by atomic mass is 9.81. The van der Waals surface area contributed by atoms with Crippen molar-refractivity contribution in [3.8, 4) is 0 Å². The Labute approximate surface area is 124 Å². The van der Waals surface area contributed by atoms with Gasteiger partial charge in [0.15, 0.2) is 5.90 Å². The van der Waals surface area contributed by atoms with Crippen molar-refractivity contribution in [3.63, 3.8) is 0 Å². The van der Waals surface area contributed by atoms with Crippen LogP contribution in [0.1, 0.15) is 44.1 Å². The van der Waals surface area contributed by atoms with Gasteiger partial charge in [-0.25, -0.2) is 0 Å². The van der Waals surface area contributed by atoms with Gasteiger partial charge in [0, 0.05) is 31.5 Å². The van der Waals surface area contributed by atoms with Gasteiger partial charge in [0.2, 0.25) is 0 Å². The maximum Gasteiger partial charge on any atom is 0.269 e. The molecule has 0 N–H and O–H groups in total. The summed E-state index contributed by atoms with van der Waals surface area (Å²) in [5, 5.41) is 10.7. The van der Waals surface area contributed by atoms with Crippen LogP contribution in [0.4, 0.5) is 5.69 Å². The molecule has 112 valence electrons. The number of benzene rings is 1. The highest BCUT2D eigenvalue weighted by atomic mass is 16.6. The van der Waals surface area contributed by atoms with Gasteiger partial charge in [0.1, 0.15) is 5.60 Å². The molecule has 3 rings (SSSR count). The van der Waals surface area contributed by atoms with Crippen LogP contribution in [0.5, 0.6) is 0 Å². The Morgan fingerprint density at radius 2 is 1.86 bits per heavy atom. The number of non-ortho nitro benzene ring substituents is 1. The zero-order chi connectivity index (χ0) is 14.7. The van der Waals surface area contributed by atoms with Crippen LogP contribution >= 0.6 is 0 Å². The van der Waals surface area contributed by atoms with Crippen LogP contribution in [-0.2, 0) is 11.2 Å². The maximum atomic E-state index is 10.7. The van der Waals surface area contributed by atoms with E-state index in [1.54, 1.807) is 12.1 Å². The third kappa shape index (κ3) is 3.23. The van der Waals surface area contributed by atoms with E-state index in [1.165, 1.54) is 31.4 Å². The van der Waals surface area contributed by atoms with Gasteiger partial charge < -0.3 is 4.74 Å². The number of nitro benzene ring substituents is 1. The largest absolute Gasteiger partial charge is 0.474 e. The van der Waals surface area contributed by atoms with E-state index < -0.39 is 0 Å². The van der Waals surface area contributed by atoms with Crippen LogP contribution in [0.15, 0.2) is 29.3 Å². The van der Waals surface area contributed by atoms with Gasteiger partial charge in [-0.15, -0.1) is 0 Å². The average molecular weight is 288 g/mol. The van der Waals surface area contributed by atoms with Gasteiger partial charge in [-0.2, -0.15) is 0 Å². The molecule has 0 saturated heterocycles. The number of rotatable bonds is 3. The molecule has 1 aromatic rings. The van der Waals surface area contributed by atoms with Gasteiger partial charge in [0.05, 0.1) is 4.92 Å². The fraction of sp³-hybridized carbons (Fsp3) is 0.562. The number of aliphatic imine (C=N–C) groups is 1. The molecule has 1 aliphatic carbocycles. The van der Waals surface area contributed by atoms with Crippen LogP contribution in [0.3, 0.4) is 0 Å². The monoisotopic (exact) mass is 288 g/mol. The molecule has 0 aromatic heterocycles. The van der Waals surface area contributed by atoms with Crippen LogP contribution in [0.2, 0.25) is 0 Å². The van der Waals surface area contributed by atoms with Gasteiger partial charge in [-0.1, -0.05) is 18.6 Å². The molecule has 0 radical (unpaired) electrons. The van der Waals surface area contributed by atoms with E-state index in [0.29, 0.717) is 6.42 Å². The Bertz CT molecular complexity index is 545. The summed E-state index contributed by atoms with van der Waals surface area (Å²) in [6.45, 7) is 0.836. The standard InChI is InChI=1S/C16H20N2O3/c19-18(20)14-6-4-13(5-7-14)12-15-17-11-10-16(21-15)8-2-1-3-9-16/h4-7H,1-3,8-12H2. The van der Waals surface area contributed by atoms with E-state index in [9.17, 15) is 10.1 Å². The number of nitrogens with zero attached hydrogens (tertiary/aromatic N) is 2. The van der Waals surface area contributed by atoms with Crippen molar-refractivity contribution in [2.45, 2.75) is 50.5 Å². The topological polar surface area (TPSA) is 64.7 Å². The SMILES string of the molecule is O=[N+]([O-])c1ccc(CC2=NCCC3(CCCCC3)O2)cc1. The minimum absolute atomic E-state index is 0.0100. The fourth-order valence-electron chi connectivity index (χ4n) is 3.27. The molecule has 1 aromatic carbocycles. The molecular formula is C16H20N2O3. The van der Waals surface area contributed by atoms with Gasteiger partial charge >= 0.3 is 0 Å². The van der Waals surface area contributed by atoms with Gasteiger partial charge in [0.25, 0.3) is 5.69 Å². The summed E-state index contributed by atoms with van der Waals surface area (Å²) in [6, 6.07) is 6.64. The van der Waals surface area contributed by atoms with E-state index in [-0.39, 0.29) is 16.2 Å². The number of hydrogen-bond acceptors (Lipinski definition) is 4. The van der Waals surface area contributed by atoms with E-state index in [4.69, 9.17) is 4.74 Å². The van der Waals surface area contributed by atoms with E-state index >= 15 is 0 Å². The zero-order valence-electron chi connectivity index (χ0n) is 12.1. The lowest BCUT2D eigenvalue weighted by Crippen LogP contribution is -2.41. The van der Waals surface area contributed by atoms with Gasteiger partial charge in [-0.3, -0.25) is 15.1 Å². The highest BCUT2D eigenvalue weighted by Crippen LogP contribution is 2.36. The van der Waals surface area contributed by atoms with Crippen molar-refractivity contribution < 1.29 is 9.66 Å². The number of ether oxygens (including phenoxy) is 1. The second-order valence-electron chi connectivity index (χ2n) is 5.97. The Hall–Kier alpha value is -1.91. The maximum absolute atomic E-state index is 10.7. The smallest absolute Gasteiger partial charge is 0.269 e. The first-order valence-corrected chi connectivity index (χ1v) is 7.63. The van der Waals surface area contributed by atoms with Crippen molar-refractivity contribution >= 4 is 11.6 Å². The second kappa shape index (κ2) is 5.84. The van der Waals surface area contributed by atoms with E-state index in [1.807, 2.05) is 0 Å². The summed E-state index contributed by atoms with van der Waals surface area (Å²) < 4.78 is 6.21. The molecule has 21 heavy (non-hydrogen) atoms. The molecule has 1 fully saturated rings. The van der Waals surface area contributed by atoms with Crippen molar-refractivity contribution in [1.82, 2.24) is 0 Å². The van der Waals surface area contributed by atoms with Crippen molar-refractivity contribution in [2.24, 2.45) is 4.99 Å². The predicted molar refractivity (Wildman–Crippen MR) is 80.6 cm³/mol. The van der Waals surface area contributed by atoms with Crippen LogP contribution in [-0.4, -0.2) is 23.0 Å². The van der Waals surface area contributed by atoms with Gasteiger partial charge in [-0.05, 0) is 31.2 Å². The lowest BCUT2D eigenvalue weighted by Gasteiger charge is -2.40. The minimum atomic E-state index is -0.380. The summed E-state index contributed by atoms with van der Waals surface area (Å²) in [4.78, 5) is 14.8. The molecule has 0 unspecified atom stereocenters. The van der Waals surface area contributed by atoms with E-state index in [0.717, 1.165) is 37.3 Å². The van der Waals surface area contributed by atoms with Crippen molar-refractivity contribution in [2.75, 3.05) is 6.54 Å². The summed E-state index contributed by atoms with van der Waals surface area (Å²) in [5.74, 6) is 0.789. The Kier molecular flexibility index (Phi) is 3.90. The quantitative estimate of drug-likeness (QED) is 0.629. The first-order valence-electron chi connectivity index (χ1n) is 7.63. The fourth-order valence-corrected chi connectivity index (χ4v) is 3.27. The molecule has 5 heteroatoms. The lowest BCUT2D eigenvalue weighted by molar-refractivity contribution is -0.384. The van der Waals surface area contributed by atoms with Crippen molar-refractivity contribution in [3.05, 3.63) is 39.9 Å². The Morgan fingerprint density at radius 3 is 2.52 bits per heavy atom. The molecule has 1 spiro atoms. The molecule has 0 amide bonds. The molecule has 2 aliphatic rings. The predicted octanol–water partition coefficient (Wildman–Crippen LogP) is 3.66. The molecule has 1 saturated carbocycles. The third-order valence-corrected chi connectivity index (χ3v) is 4.46. The average Bonchev–Trinajstić information content (AvgIpc) is 2.49. The first kappa shape index (κ1) is 14.0. The molecule has 1 aliphatic heterocycles. The Balaban J connectivity index is 1.67.